The summed E-state index contributed by atoms with van der Waals surface area (Å²) in [7, 11) is 0. The maximum Gasteiger partial charge on any atom is 0.293 e. The molecular weight excluding hydrogens is 180 g/mol. The van der Waals surface area contributed by atoms with Gasteiger partial charge in [-0.05, 0) is 25.0 Å². The summed E-state index contributed by atoms with van der Waals surface area (Å²) in [6.07, 6.45) is 7.05. The molecule has 0 aromatic carbocycles. The Labute approximate surface area is 84.1 Å². The molecule has 78 valence electrons. The molecule has 0 unspecified atom stereocenters. The number of rotatable bonds is 8. The third-order valence-electron chi connectivity index (χ3n) is 2.08. The van der Waals surface area contributed by atoms with Crippen molar-refractivity contribution in [1.29, 1.82) is 0 Å². The fourth-order valence-corrected chi connectivity index (χ4v) is 1.34. The fraction of sp³-hybridized carbons (Fsp3) is 0.545. The second-order valence-corrected chi connectivity index (χ2v) is 3.21. The molecule has 1 aromatic rings. The van der Waals surface area contributed by atoms with Crippen LogP contribution in [0.1, 0.15) is 31.4 Å². The van der Waals surface area contributed by atoms with Gasteiger partial charge in [0, 0.05) is 6.42 Å². The highest BCUT2D eigenvalue weighted by atomic mass is 16.5. The fourth-order valence-electron chi connectivity index (χ4n) is 1.34. The van der Waals surface area contributed by atoms with E-state index in [1.165, 1.54) is 0 Å². The Morgan fingerprint density at radius 3 is 2.86 bits per heavy atom. The van der Waals surface area contributed by atoms with Crippen LogP contribution >= 0.6 is 0 Å². The predicted molar refractivity (Wildman–Crippen MR) is 52.9 cm³/mol. The van der Waals surface area contributed by atoms with Crippen molar-refractivity contribution in [2.75, 3.05) is 6.61 Å². The van der Waals surface area contributed by atoms with E-state index in [0.29, 0.717) is 13.1 Å². The van der Waals surface area contributed by atoms with Gasteiger partial charge in [0.2, 0.25) is 0 Å². The molecule has 0 atom stereocenters. The molecule has 3 heteroatoms. The summed E-state index contributed by atoms with van der Waals surface area (Å²) in [5.41, 5.74) is 0. The van der Waals surface area contributed by atoms with Gasteiger partial charge in [0.05, 0.1) is 12.9 Å². The smallest absolute Gasteiger partial charge is 0.293 e. The normalized spacial score (nSPS) is 10.0. The van der Waals surface area contributed by atoms with E-state index in [-0.39, 0.29) is 0 Å². The lowest BCUT2D eigenvalue weighted by molar-refractivity contribution is -0.128. The van der Waals surface area contributed by atoms with Crippen LogP contribution in [-0.4, -0.2) is 13.1 Å². The summed E-state index contributed by atoms with van der Waals surface area (Å²) in [5.74, 6) is 1.05. The van der Waals surface area contributed by atoms with Gasteiger partial charge in [0.15, 0.2) is 0 Å². The van der Waals surface area contributed by atoms with E-state index in [1.807, 2.05) is 12.1 Å². The highest BCUT2D eigenvalue weighted by Crippen LogP contribution is 2.07. The topological polar surface area (TPSA) is 39.4 Å². The Morgan fingerprint density at radius 1 is 1.29 bits per heavy atom. The molecule has 0 spiro atoms. The Morgan fingerprint density at radius 2 is 2.14 bits per heavy atom. The first-order valence-electron chi connectivity index (χ1n) is 5.01. The van der Waals surface area contributed by atoms with E-state index < -0.39 is 0 Å². The van der Waals surface area contributed by atoms with Gasteiger partial charge >= 0.3 is 0 Å². The van der Waals surface area contributed by atoms with Crippen LogP contribution in [0, 0.1) is 0 Å². The van der Waals surface area contributed by atoms with Gasteiger partial charge in [-0.2, -0.15) is 0 Å². The van der Waals surface area contributed by atoms with Crippen molar-refractivity contribution in [3.63, 3.8) is 0 Å². The van der Waals surface area contributed by atoms with Gasteiger partial charge < -0.3 is 9.15 Å². The van der Waals surface area contributed by atoms with Gasteiger partial charge in [-0.25, -0.2) is 0 Å². The molecule has 0 fully saturated rings. The second-order valence-electron chi connectivity index (χ2n) is 3.21. The quantitative estimate of drug-likeness (QED) is 0.474. The standard InChI is InChI=1S/C11H16O3/c12-10-13-8-4-2-1-3-6-11-7-5-9-14-11/h5,7,9-10H,1-4,6,8H2. The number of hydrogen-bond acceptors (Lipinski definition) is 3. The Kier molecular flexibility index (Phi) is 5.56. The van der Waals surface area contributed by atoms with Crippen LogP contribution in [0.15, 0.2) is 22.8 Å². The van der Waals surface area contributed by atoms with E-state index in [4.69, 9.17) is 4.42 Å². The lowest BCUT2D eigenvalue weighted by Gasteiger charge is -1.99. The van der Waals surface area contributed by atoms with Crippen molar-refractivity contribution >= 4 is 6.47 Å². The molecule has 0 N–H and O–H groups in total. The number of aryl methyl sites for hydroxylation is 1. The molecule has 0 saturated carbocycles. The number of carbonyl (C=O) groups is 1. The average Bonchev–Trinajstić information content (AvgIpc) is 2.69. The SMILES string of the molecule is O=COCCCCCCc1ccco1. The van der Waals surface area contributed by atoms with Crippen molar-refractivity contribution in [1.82, 2.24) is 0 Å². The van der Waals surface area contributed by atoms with Crippen molar-refractivity contribution in [3.05, 3.63) is 24.2 Å². The monoisotopic (exact) mass is 196 g/mol. The first kappa shape index (κ1) is 10.8. The van der Waals surface area contributed by atoms with E-state index in [9.17, 15) is 4.79 Å². The maximum absolute atomic E-state index is 9.81. The van der Waals surface area contributed by atoms with Crippen molar-refractivity contribution < 1.29 is 13.9 Å². The van der Waals surface area contributed by atoms with Crippen LogP contribution in [0.25, 0.3) is 0 Å². The van der Waals surface area contributed by atoms with Crippen LogP contribution < -0.4 is 0 Å². The molecule has 0 aliphatic heterocycles. The average molecular weight is 196 g/mol. The number of hydrogen-bond donors (Lipinski definition) is 0. The number of unbranched alkanes of at least 4 members (excludes halogenated alkanes) is 3. The Bertz CT molecular complexity index is 229. The van der Waals surface area contributed by atoms with E-state index >= 15 is 0 Å². The lowest BCUT2D eigenvalue weighted by atomic mass is 10.1. The lowest BCUT2D eigenvalue weighted by Crippen LogP contribution is -1.91. The minimum absolute atomic E-state index is 0.503. The summed E-state index contributed by atoms with van der Waals surface area (Å²) in [6, 6.07) is 3.91. The summed E-state index contributed by atoms with van der Waals surface area (Å²) < 4.78 is 9.79. The minimum atomic E-state index is 0.503. The van der Waals surface area contributed by atoms with Crippen LogP contribution in [-0.2, 0) is 16.0 Å². The first-order chi connectivity index (χ1) is 6.93. The molecule has 0 bridgehead atoms. The molecule has 0 aliphatic rings. The zero-order valence-electron chi connectivity index (χ0n) is 8.28. The van der Waals surface area contributed by atoms with Crippen LogP contribution in [0.4, 0.5) is 0 Å². The number of carbonyl (C=O) groups excluding carboxylic acids is 1. The highest BCUT2D eigenvalue weighted by molar-refractivity contribution is 5.36. The van der Waals surface area contributed by atoms with E-state index in [0.717, 1.165) is 37.9 Å². The van der Waals surface area contributed by atoms with Crippen molar-refractivity contribution in [2.45, 2.75) is 32.1 Å². The third kappa shape index (κ3) is 4.70. The van der Waals surface area contributed by atoms with Gasteiger partial charge in [0.25, 0.3) is 6.47 Å². The molecule has 1 aromatic heterocycles. The molecule has 1 heterocycles. The van der Waals surface area contributed by atoms with Crippen LogP contribution in [0.5, 0.6) is 0 Å². The zero-order chi connectivity index (χ0) is 10.1. The summed E-state index contributed by atoms with van der Waals surface area (Å²) in [5, 5.41) is 0. The molecule has 3 nitrogen and oxygen atoms in total. The zero-order valence-corrected chi connectivity index (χ0v) is 8.28. The molecule has 14 heavy (non-hydrogen) atoms. The summed E-state index contributed by atoms with van der Waals surface area (Å²) in [6.45, 7) is 1.05. The third-order valence-corrected chi connectivity index (χ3v) is 2.08. The van der Waals surface area contributed by atoms with E-state index in [1.54, 1.807) is 6.26 Å². The first-order valence-corrected chi connectivity index (χ1v) is 5.01. The molecule has 0 saturated heterocycles. The van der Waals surface area contributed by atoms with Crippen molar-refractivity contribution in [3.8, 4) is 0 Å². The Hall–Kier alpha value is -1.25. The number of furan rings is 1. The van der Waals surface area contributed by atoms with Gasteiger partial charge in [-0.15, -0.1) is 0 Å². The van der Waals surface area contributed by atoms with E-state index in [2.05, 4.69) is 4.74 Å². The Balaban J connectivity index is 1.87. The van der Waals surface area contributed by atoms with Gasteiger partial charge in [0.1, 0.15) is 5.76 Å². The molecule has 0 radical (unpaired) electrons. The number of ether oxygens (including phenoxy) is 1. The van der Waals surface area contributed by atoms with Crippen molar-refractivity contribution in [2.24, 2.45) is 0 Å². The summed E-state index contributed by atoms with van der Waals surface area (Å²) >= 11 is 0. The highest BCUT2D eigenvalue weighted by Gasteiger charge is 1.95. The molecule has 0 aliphatic carbocycles. The van der Waals surface area contributed by atoms with Crippen LogP contribution in [0.2, 0.25) is 0 Å². The molecule has 0 amide bonds. The maximum atomic E-state index is 9.81. The predicted octanol–water partition coefficient (Wildman–Crippen LogP) is 2.56. The second kappa shape index (κ2) is 7.18. The molecular formula is C11H16O3. The molecule has 1 rings (SSSR count). The van der Waals surface area contributed by atoms with Gasteiger partial charge in [-0.1, -0.05) is 12.8 Å². The van der Waals surface area contributed by atoms with Crippen LogP contribution in [0.3, 0.4) is 0 Å². The summed E-state index contributed by atoms with van der Waals surface area (Å²) in [4.78, 5) is 9.81. The minimum Gasteiger partial charge on any atom is -0.469 e. The largest absolute Gasteiger partial charge is 0.469 e. The van der Waals surface area contributed by atoms with Gasteiger partial charge in [-0.3, -0.25) is 4.79 Å².